The topological polar surface area (TPSA) is 95.5 Å². The van der Waals surface area contributed by atoms with Crippen molar-refractivity contribution < 1.29 is 15.1 Å². The van der Waals surface area contributed by atoms with E-state index in [9.17, 15) is 4.79 Å². The number of fused-ring (bicyclic) bond motifs is 1. The Morgan fingerprint density at radius 3 is 3.04 bits per heavy atom. The predicted octanol–water partition coefficient (Wildman–Crippen LogP) is 0.999. The number of hydrazone groups is 1. The van der Waals surface area contributed by atoms with Crippen LogP contribution in [-0.4, -0.2) is 23.8 Å². The molecule has 0 bridgehead atoms. The van der Waals surface area contributed by atoms with Gasteiger partial charge in [-0.05, 0) is 24.3 Å². The lowest BCUT2D eigenvalue weighted by atomic mass is 10.1. The zero-order chi connectivity index (χ0) is 17.8. The van der Waals surface area contributed by atoms with E-state index < -0.39 is 0 Å². The number of carbonyl (C=O) groups excluding carboxylic acids is 1. The Morgan fingerprint density at radius 1 is 1.23 bits per heavy atom. The Balaban J connectivity index is 1.41. The average molecular weight is 349 g/mol. The normalized spacial score (nSPS) is 12.8. The highest BCUT2D eigenvalue weighted by atomic mass is 16.5. The summed E-state index contributed by atoms with van der Waals surface area (Å²) in [5, 5.41) is 10.5. The van der Waals surface area contributed by atoms with Gasteiger partial charge in [0.25, 0.3) is 5.91 Å². The number of aromatic nitrogens is 1. The first-order chi connectivity index (χ1) is 12.8. The number of quaternary nitrogens is 1. The lowest BCUT2D eigenvalue weighted by Crippen LogP contribution is -2.97. The largest absolute Gasteiger partial charge is 0.484 e. The third kappa shape index (κ3) is 3.40. The van der Waals surface area contributed by atoms with E-state index in [1.54, 1.807) is 30.3 Å². The molecule has 0 saturated heterocycles. The minimum atomic E-state index is -0.226. The van der Waals surface area contributed by atoms with Crippen molar-refractivity contribution in [1.29, 1.82) is 0 Å². The first-order valence-electron chi connectivity index (χ1n) is 8.05. The summed E-state index contributed by atoms with van der Waals surface area (Å²) in [6, 6.07) is 15.0. The number of nitrogens with zero attached hydrogens (tertiary/aromatic N) is 3. The zero-order valence-corrected chi connectivity index (χ0v) is 13.8. The summed E-state index contributed by atoms with van der Waals surface area (Å²) in [6.07, 6.45) is 5.12. The van der Waals surface area contributed by atoms with Gasteiger partial charge in [-0.25, -0.2) is 0 Å². The summed E-state index contributed by atoms with van der Waals surface area (Å²) in [6.45, 7) is -0.0824. The molecule has 0 unspecified atom stereocenters. The quantitative estimate of drug-likeness (QED) is 0.597. The van der Waals surface area contributed by atoms with Crippen LogP contribution in [-0.2, 0) is 4.79 Å². The van der Waals surface area contributed by atoms with Crippen LogP contribution in [0.1, 0.15) is 0 Å². The van der Waals surface area contributed by atoms with Crippen LogP contribution in [0.3, 0.4) is 0 Å². The number of benzene rings is 2. The van der Waals surface area contributed by atoms with Crippen LogP contribution in [0.25, 0.3) is 10.8 Å². The second kappa shape index (κ2) is 7.08. The molecular weight excluding hydrogens is 332 g/mol. The number of carbonyl (C=O) groups is 1. The summed E-state index contributed by atoms with van der Waals surface area (Å²) in [5.74, 6) is 0.379. The third-order valence-electron chi connectivity index (χ3n) is 3.89. The lowest BCUT2D eigenvalue weighted by Gasteiger charge is -2.12. The number of rotatable bonds is 5. The second-order valence-electron chi connectivity index (χ2n) is 5.65. The number of hydrogen-bond donors (Lipinski definition) is 3. The molecule has 130 valence electrons. The Morgan fingerprint density at radius 2 is 2.15 bits per heavy atom. The minimum absolute atomic E-state index is 0.0824. The summed E-state index contributed by atoms with van der Waals surface area (Å²) in [5.41, 5.74) is 6.09. The molecule has 8 nitrogen and oxygen atoms in total. The molecule has 1 aromatic heterocycles. The standard InChI is InChI=1S/C18H16N6O2/c25-18(21-17-6-1-3-13-10-19-8-7-16(13)17)11-26-15-5-2-4-14(9-15)24-12-20-22-23-24/h1-10,12,22-23H,11H2,(H,21,25)/p+1. The number of pyridine rings is 1. The molecule has 0 saturated carbocycles. The van der Waals surface area contributed by atoms with Crippen molar-refractivity contribution in [1.82, 2.24) is 10.5 Å². The van der Waals surface area contributed by atoms with Crippen LogP contribution in [0.4, 0.5) is 11.4 Å². The van der Waals surface area contributed by atoms with Crippen LogP contribution in [0.15, 0.2) is 66.0 Å². The molecule has 2 heterocycles. The molecule has 1 amide bonds. The van der Waals surface area contributed by atoms with Gasteiger partial charge in [-0.15, -0.1) is 16.2 Å². The molecule has 0 fully saturated rings. The number of amides is 1. The van der Waals surface area contributed by atoms with E-state index in [4.69, 9.17) is 4.74 Å². The van der Waals surface area contributed by atoms with Crippen molar-refractivity contribution in [2.24, 2.45) is 5.10 Å². The van der Waals surface area contributed by atoms with Gasteiger partial charge in [0.05, 0.1) is 0 Å². The smallest absolute Gasteiger partial charge is 0.262 e. The van der Waals surface area contributed by atoms with Gasteiger partial charge in [-0.1, -0.05) is 18.2 Å². The molecule has 4 N–H and O–H groups in total. The van der Waals surface area contributed by atoms with Crippen molar-refractivity contribution in [2.45, 2.75) is 0 Å². The van der Waals surface area contributed by atoms with Gasteiger partial charge in [0.1, 0.15) is 11.4 Å². The van der Waals surface area contributed by atoms with Crippen LogP contribution < -0.4 is 26.1 Å². The molecule has 2 aromatic carbocycles. The Labute approximate surface area is 149 Å². The zero-order valence-electron chi connectivity index (χ0n) is 13.8. The molecule has 0 aliphatic carbocycles. The maximum Gasteiger partial charge on any atom is 0.262 e. The first-order valence-corrected chi connectivity index (χ1v) is 8.05. The summed E-state index contributed by atoms with van der Waals surface area (Å²) >= 11 is 0. The van der Waals surface area contributed by atoms with E-state index in [1.807, 2.05) is 47.5 Å². The van der Waals surface area contributed by atoms with Crippen molar-refractivity contribution in [3.05, 3.63) is 60.9 Å². The van der Waals surface area contributed by atoms with Crippen LogP contribution in [0.2, 0.25) is 0 Å². The maximum atomic E-state index is 12.3. The van der Waals surface area contributed by atoms with Gasteiger partial charge in [0, 0.05) is 34.9 Å². The van der Waals surface area contributed by atoms with Crippen molar-refractivity contribution in [2.75, 3.05) is 16.9 Å². The number of ether oxygens (including phenoxy) is 1. The molecule has 0 radical (unpaired) electrons. The monoisotopic (exact) mass is 349 g/mol. The highest BCUT2D eigenvalue weighted by Gasteiger charge is 2.12. The van der Waals surface area contributed by atoms with Gasteiger partial charge in [0.15, 0.2) is 12.9 Å². The number of anilines is 2. The lowest BCUT2D eigenvalue weighted by molar-refractivity contribution is -0.703. The molecule has 8 heteroatoms. The fraction of sp³-hybridized carbons (Fsp3) is 0.0556. The highest BCUT2D eigenvalue weighted by molar-refractivity contribution is 6.02. The van der Waals surface area contributed by atoms with E-state index in [2.05, 4.69) is 20.9 Å². The van der Waals surface area contributed by atoms with Gasteiger partial charge in [-0.2, -0.15) is 5.01 Å². The number of nitrogens with two attached hydrogens (primary N) is 1. The van der Waals surface area contributed by atoms with Gasteiger partial charge >= 0.3 is 0 Å². The molecule has 1 aliphatic rings. The summed E-state index contributed by atoms with van der Waals surface area (Å²) in [4.78, 5) is 16.4. The van der Waals surface area contributed by atoms with Crippen LogP contribution in [0.5, 0.6) is 5.75 Å². The maximum absolute atomic E-state index is 12.3. The van der Waals surface area contributed by atoms with E-state index in [0.29, 0.717) is 5.75 Å². The van der Waals surface area contributed by atoms with Gasteiger partial charge < -0.3 is 10.1 Å². The summed E-state index contributed by atoms with van der Waals surface area (Å²) in [7, 11) is 0. The molecule has 26 heavy (non-hydrogen) atoms. The average Bonchev–Trinajstić information content (AvgIpc) is 3.22. The molecule has 3 aromatic rings. The third-order valence-corrected chi connectivity index (χ3v) is 3.89. The number of nitrogens with one attached hydrogen (secondary N) is 2. The first kappa shape index (κ1) is 15.9. The Kier molecular flexibility index (Phi) is 4.31. The fourth-order valence-electron chi connectivity index (χ4n) is 2.67. The van der Waals surface area contributed by atoms with E-state index in [1.165, 1.54) is 0 Å². The molecule has 1 aliphatic heterocycles. The van der Waals surface area contributed by atoms with Crippen LogP contribution >= 0.6 is 0 Å². The fourth-order valence-corrected chi connectivity index (χ4v) is 2.67. The molecule has 0 spiro atoms. The number of hydrogen-bond acceptors (Lipinski definition) is 6. The van der Waals surface area contributed by atoms with Crippen LogP contribution in [0, 0.1) is 0 Å². The predicted molar refractivity (Wildman–Crippen MR) is 98.3 cm³/mol. The van der Waals surface area contributed by atoms with Gasteiger partial charge in [-0.3, -0.25) is 9.78 Å². The molecule has 0 atom stereocenters. The van der Waals surface area contributed by atoms with E-state index in [-0.39, 0.29) is 12.5 Å². The van der Waals surface area contributed by atoms with E-state index in [0.717, 1.165) is 22.1 Å². The van der Waals surface area contributed by atoms with E-state index >= 15 is 0 Å². The molecular formula is C18H17N6O2+. The highest BCUT2D eigenvalue weighted by Crippen LogP contribution is 2.22. The van der Waals surface area contributed by atoms with Crippen molar-refractivity contribution in [3.8, 4) is 5.75 Å². The van der Waals surface area contributed by atoms with Crippen molar-refractivity contribution >= 4 is 34.4 Å². The SMILES string of the molecule is O=C(COc1cccc(N2C=NN[NH2+]2)c1)Nc1cccc2cnccc12. The summed E-state index contributed by atoms with van der Waals surface area (Å²) < 4.78 is 5.62. The Hall–Kier alpha value is -3.65. The van der Waals surface area contributed by atoms with Crippen molar-refractivity contribution in [3.63, 3.8) is 0 Å². The van der Waals surface area contributed by atoms with Gasteiger partial charge in [0.2, 0.25) is 0 Å². The second-order valence-corrected chi connectivity index (χ2v) is 5.65. The minimum Gasteiger partial charge on any atom is -0.484 e. The molecule has 4 rings (SSSR count). The Bertz CT molecular complexity index is 969.